The van der Waals surface area contributed by atoms with Crippen LogP contribution >= 0.6 is 0 Å². The first-order valence-corrected chi connectivity index (χ1v) is 11.1. The number of nitrogen functional groups attached to an aromatic ring is 1. The van der Waals surface area contributed by atoms with Gasteiger partial charge in [-0.05, 0) is 54.5 Å². The molecular weight excluding hydrogens is 416 g/mol. The first kappa shape index (κ1) is 22.2. The third-order valence-corrected chi connectivity index (χ3v) is 6.13. The van der Waals surface area contributed by atoms with Crippen molar-refractivity contribution in [3.05, 3.63) is 59.4 Å². The molecule has 168 valence electrons. The van der Waals surface area contributed by atoms with Gasteiger partial charge >= 0.3 is 11.8 Å². The average molecular weight is 443 g/mol. The molecule has 0 unspecified atom stereocenters. The number of nitrogens with one attached hydrogen (secondary N) is 1. The highest BCUT2D eigenvalue weighted by Gasteiger charge is 2.34. The maximum Gasteiger partial charge on any atom is 0.313 e. The van der Waals surface area contributed by atoms with Crippen molar-refractivity contribution in [2.75, 3.05) is 17.6 Å². The third kappa shape index (κ3) is 4.62. The summed E-state index contributed by atoms with van der Waals surface area (Å²) in [5, 5.41) is 12.6. The van der Waals surface area contributed by atoms with E-state index in [1.165, 1.54) is 12.4 Å². The largest absolute Gasteiger partial charge is 0.383 e. The van der Waals surface area contributed by atoms with Crippen molar-refractivity contribution in [3.63, 3.8) is 0 Å². The number of rotatable bonds is 3. The van der Waals surface area contributed by atoms with Crippen molar-refractivity contribution in [1.29, 1.82) is 5.26 Å². The molecule has 1 aliphatic heterocycles. The Morgan fingerprint density at radius 3 is 2.79 bits per heavy atom. The molecule has 4 rings (SSSR count). The summed E-state index contributed by atoms with van der Waals surface area (Å²) in [6.07, 6.45) is 5.38. The van der Waals surface area contributed by atoms with Crippen molar-refractivity contribution >= 4 is 34.2 Å². The molecule has 8 heteroatoms. The Morgan fingerprint density at radius 1 is 1.21 bits per heavy atom. The Morgan fingerprint density at radius 2 is 2.03 bits per heavy atom. The van der Waals surface area contributed by atoms with Crippen LogP contribution in [0.5, 0.6) is 0 Å². The molecule has 0 aliphatic carbocycles. The van der Waals surface area contributed by atoms with Crippen LogP contribution in [0.25, 0.3) is 10.9 Å². The highest BCUT2D eigenvalue weighted by molar-refractivity contribution is 6.39. The summed E-state index contributed by atoms with van der Waals surface area (Å²) in [7, 11) is 0. The zero-order valence-electron chi connectivity index (χ0n) is 18.7. The van der Waals surface area contributed by atoms with Gasteiger partial charge in [-0.3, -0.25) is 14.6 Å². The molecule has 1 saturated heterocycles. The van der Waals surface area contributed by atoms with E-state index in [-0.39, 0.29) is 6.04 Å². The molecule has 2 aromatic heterocycles. The zero-order chi connectivity index (χ0) is 23.5. The zero-order valence-corrected chi connectivity index (χ0v) is 18.7. The van der Waals surface area contributed by atoms with Gasteiger partial charge in [-0.15, -0.1) is 0 Å². The van der Waals surface area contributed by atoms with Gasteiger partial charge < -0.3 is 16.0 Å². The number of nitrogens with zero attached hydrogens (tertiary/aromatic N) is 4. The van der Waals surface area contributed by atoms with Gasteiger partial charge in [-0.1, -0.05) is 26.0 Å². The number of carbonyl (C=O) groups is 2. The molecule has 8 nitrogen and oxygen atoms in total. The van der Waals surface area contributed by atoms with Crippen molar-refractivity contribution in [2.24, 2.45) is 5.92 Å². The minimum absolute atomic E-state index is 0.225. The van der Waals surface area contributed by atoms with E-state index in [0.29, 0.717) is 36.0 Å². The number of nitrogens with two attached hydrogens (primary N) is 1. The van der Waals surface area contributed by atoms with Crippen LogP contribution in [0.1, 0.15) is 49.4 Å². The Kier molecular flexibility index (Phi) is 6.22. The maximum absolute atomic E-state index is 13.2. The van der Waals surface area contributed by atoms with E-state index >= 15 is 0 Å². The number of hydrogen-bond donors (Lipinski definition) is 2. The highest BCUT2D eigenvalue weighted by atomic mass is 16.2. The lowest BCUT2D eigenvalue weighted by atomic mass is 9.89. The van der Waals surface area contributed by atoms with Gasteiger partial charge in [-0.25, -0.2) is 4.98 Å². The molecule has 2 atom stereocenters. The first-order valence-electron chi connectivity index (χ1n) is 11.1. The lowest BCUT2D eigenvalue weighted by Gasteiger charge is -2.38. The summed E-state index contributed by atoms with van der Waals surface area (Å²) in [4.78, 5) is 36.2. The van der Waals surface area contributed by atoms with Gasteiger partial charge in [0.15, 0.2) is 0 Å². The van der Waals surface area contributed by atoms with E-state index < -0.39 is 11.8 Å². The Bertz CT molecular complexity index is 1270. The molecule has 1 aliphatic rings. The number of nitriles is 1. The van der Waals surface area contributed by atoms with Crippen LogP contribution in [0.2, 0.25) is 0 Å². The van der Waals surface area contributed by atoms with Crippen molar-refractivity contribution in [2.45, 2.75) is 39.2 Å². The smallest absolute Gasteiger partial charge is 0.313 e. The van der Waals surface area contributed by atoms with Crippen LogP contribution in [-0.2, 0) is 16.0 Å². The van der Waals surface area contributed by atoms with E-state index in [4.69, 9.17) is 11.0 Å². The van der Waals surface area contributed by atoms with Gasteiger partial charge in [0.1, 0.15) is 11.9 Å². The molecule has 2 amide bonds. The summed E-state index contributed by atoms with van der Waals surface area (Å²) in [5.74, 6) is -0.562. The van der Waals surface area contributed by atoms with E-state index in [2.05, 4.69) is 28.3 Å². The van der Waals surface area contributed by atoms with Crippen LogP contribution in [-0.4, -0.2) is 33.2 Å². The molecule has 0 spiro atoms. The van der Waals surface area contributed by atoms with Crippen LogP contribution in [0.4, 0.5) is 11.5 Å². The van der Waals surface area contributed by atoms with Gasteiger partial charge in [0.05, 0.1) is 29.0 Å². The van der Waals surface area contributed by atoms with Crippen LogP contribution in [0, 0.1) is 17.2 Å². The highest BCUT2D eigenvalue weighted by Crippen LogP contribution is 2.34. The SMILES string of the molecule is CCc1cc(NC(=O)C(=O)N2C[C@@H](C)CC[C@@H]2c2ccc3cc(C#N)cnc3c2)cnc1N. The van der Waals surface area contributed by atoms with Gasteiger partial charge in [0.25, 0.3) is 0 Å². The van der Waals surface area contributed by atoms with Crippen LogP contribution in [0.3, 0.4) is 0 Å². The van der Waals surface area contributed by atoms with Gasteiger partial charge in [-0.2, -0.15) is 5.26 Å². The second-order valence-electron chi connectivity index (χ2n) is 8.52. The van der Waals surface area contributed by atoms with E-state index in [9.17, 15) is 9.59 Å². The number of amides is 2. The Hall–Kier alpha value is -3.99. The number of aromatic nitrogens is 2. The van der Waals surface area contributed by atoms with Crippen molar-refractivity contribution in [3.8, 4) is 6.07 Å². The number of pyridine rings is 2. The number of likely N-dealkylation sites (tertiary alicyclic amines) is 1. The fourth-order valence-electron chi connectivity index (χ4n) is 4.32. The summed E-state index contributed by atoms with van der Waals surface area (Å²) in [6.45, 7) is 4.52. The Labute approximate surface area is 192 Å². The number of benzene rings is 1. The fraction of sp³-hybridized carbons (Fsp3) is 0.320. The molecule has 3 aromatic rings. The monoisotopic (exact) mass is 442 g/mol. The molecule has 0 radical (unpaired) electrons. The standard InChI is InChI=1S/C25H26N6O2/c1-3-17-9-20(13-29-23(17)27)30-24(32)25(33)31-14-15(2)4-7-22(31)19-6-5-18-8-16(11-26)12-28-21(18)10-19/h5-6,8-10,12-13,15,22H,3-4,7,14H2,1-2H3,(H2,27,29)(H,30,32)/t15-,22+/m0/s1. The molecule has 0 bridgehead atoms. The van der Waals surface area contributed by atoms with Crippen molar-refractivity contribution < 1.29 is 9.59 Å². The maximum atomic E-state index is 13.2. The number of anilines is 2. The number of carbonyl (C=O) groups excluding carboxylic acids is 2. The number of piperidine rings is 1. The van der Waals surface area contributed by atoms with Gasteiger partial charge in [0.2, 0.25) is 0 Å². The minimum atomic E-state index is -0.694. The summed E-state index contributed by atoms with van der Waals surface area (Å²) >= 11 is 0. The normalized spacial score (nSPS) is 18.0. The average Bonchev–Trinajstić information content (AvgIpc) is 2.83. The molecule has 1 aromatic carbocycles. The molecule has 0 saturated carbocycles. The fourth-order valence-corrected chi connectivity index (χ4v) is 4.32. The van der Waals surface area contributed by atoms with E-state index in [0.717, 1.165) is 34.9 Å². The lowest BCUT2D eigenvalue weighted by molar-refractivity contribution is -0.146. The minimum Gasteiger partial charge on any atom is -0.383 e. The van der Waals surface area contributed by atoms with E-state index in [1.807, 2.05) is 25.1 Å². The summed E-state index contributed by atoms with van der Waals surface area (Å²) < 4.78 is 0. The quantitative estimate of drug-likeness (QED) is 0.597. The predicted molar refractivity (Wildman–Crippen MR) is 126 cm³/mol. The second kappa shape index (κ2) is 9.25. The predicted octanol–water partition coefficient (Wildman–Crippen LogP) is 3.58. The topological polar surface area (TPSA) is 125 Å². The Balaban J connectivity index is 1.59. The van der Waals surface area contributed by atoms with Gasteiger partial charge in [0, 0.05) is 18.1 Å². The number of fused-ring (bicyclic) bond motifs is 1. The second-order valence-corrected chi connectivity index (χ2v) is 8.52. The molecule has 3 heterocycles. The lowest BCUT2D eigenvalue weighted by Crippen LogP contribution is -2.46. The van der Waals surface area contributed by atoms with Crippen LogP contribution < -0.4 is 11.1 Å². The number of hydrogen-bond acceptors (Lipinski definition) is 6. The summed E-state index contributed by atoms with van der Waals surface area (Å²) in [6, 6.07) is 11.2. The molecular formula is C25H26N6O2. The first-order chi connectivity index (χ1) is 15.9. The molecule has 3 N–H and O–H groups in total. The molecule has 33 heavy (non-hydrogen) atoms. The molecule has 1 fully saturated rings. The summed E-state index contributed by atoms with van der Waals surface area (Å²) in [5.41, 5.74) is 9.28. The van der Waals surface area contributed by atoms with Crippen molar-refractivity contribution in [1.82, 2.24) is 14.9 Å². The van der Waals surface area contributed by atoms with Crippen LogP contribution in [0.15, 0.2) is 42.7 Å². The third-order valence-electron chi connectivity index (χ3n) is 6.13. The number of aryl methyl sites for hydroxylation is 1. The van der Waals surface area contributed by atoms with E-state index in [1.54, 1.807) is 17.0 Å².